The first kappa shape index (κ1) is 16.4. The summed E-state index contributed by atoms with van der Waals surface area (Å²) in [7, 11) is 0. The summed E-state index contributed by atoms with van der Waals surface area (Å²) in [5.41, 5.74) is 1.22. The van der Waals surface area contributed by atoms with E-state index in [0.29, 0.717) is 5.56 Å². The first-order valence-corrected chi connectivity index (χ1v) is 6.94. The number of carbonyl (C=O) groups excluding carboxylic acids is 2. The van der Waals surface area contributed by atoms with Crippen molar-refractivity contribution in [3.05, 3.63) is 66.0 Å². The molecule has 1 N–H and O–H groups in total. The van der Waals surface area contributed by atoms with Crippen molar-refractivity contribution in [2.45, 2.75) is 6.61 Å². The molecule has 0 radical (unpaired) electrons. The van der Waals surface area contributed by atoms with Gasteiger partial charge in [0, 0.05) is 18.9 Å². The second-order valence-electron chi connectivity index (χ2n) is 4.42. The molecule has 2 rings (SSSR count). The minimum absolute atomic E-state index is 0.0112. The first-order valence-electron chi connectivity index (χ1n) is 6.94. The van der Waals surface area contributed by atoms with Gasteiger partial charge in [0.25, 0.3) is 0 Å². The summed E-state index contributed by atoms with van der Waals surface area (Å²) in [4.78, 5) is 36.0. The molecule has 1 amide bonds. The molecule has 0 aliphatic carbocycles. The van der Waals surface area contributed by atoms with Crippen LogP contribution in [0.5, 0.6) is 0 Å². The molecule has 0 saturated heterocycles. The molecule has 7 nitrogen and oxygen atoms in total. The van der Waals surface area contributed by atoms with Crippen molar-refractivity contribution < 1.29 is 24.1 Å². The fourth-order valence-electron chi connectivity index (χ4n) is 1.60. The lowest BCUT2D eigenvalue weighted by Crippen LogP contribution is -2.28. The molecular formula is C16H16N2O5. The van der Waals surface area contributed by atoms with Gasteiger partial charge < -0.3 is 10.1 Å². The summed E-state index contributed by atoms with van der Waals surface area (Å²) < 4.78 is 5.00. The molecular weight excluding hydrogens is 300 g/mol. The van der Waals surface area contributed by atoms with Crippen molar-refractivity contribution in [2.75, 3.05) is 13.2 Å². The molecule has 0 aliphatic heterocycles. The van der Waals surface area contributed by atoms with Crippen LogP contribution >= 0.6 is 0 Å². The molecule has 0 fully saturated rings. The molecule has 23 heavy (non-hydrogen) atoms. The van der Waals surface area contributed by atoms with Gasteiger partial charge in [-0.15, -0.1) is 0 Å². The number of hydrogen-bond acceptors (Lipinski definition) is 6. The van der Waals surface area contributed by atoms with Crippen molar-refractivity contribution in [1.29, 1.82) is 0 Å². The Labute approximate surface area is 133 Å². The molecule has 120 valence electrons. The topological polar surface area (TPSA) is 86.8 Å². The van der Waals surface area contributed by atoms with Crippen LogP contribution in [0.1, 0.15) is 15.9 Å². The minimum Gasteiger partial charge on any atom is -0.445 e. The predicted octanol–water partition coefficient (Wildman–Crippen LogP) is 2.10. The lowest BCUT2D eigenvalue weighted by Gasteiger charge is -2.07. The van der Waals surface area contributed by atoms with Gasteiger partial charge in [0.05, 0.1) is 5.56 Å². The zero-order valence-corrected chi connectivity index (χ0v) is 12.3. The zero-order valence-electron chi connectivity index (χ0n) is 12.3. The van der Waals surface area contributed by atoms with Gasteiger partial charge in [-0.1, -0.05) is 30.3 Å². The quantitative estimate of drug-likeness (QED) is 0.478. The van der Waals surface area contributed by atoms with Crippen LogP contribution in [0.3, 0.4) is 0 Å². The van der Waals surface area contributed by atoms with Crippen LogP contribution in [0.15, 0.2) is 54.9 Å². The van der Waals surface area contributed by atoms with Gasteiger partial charge in [-0.2, -0.15) is 4.89 Å². The van der Waals surface area contributed by atoms with Crippen molar-refractivity contribution >= 4 is 12.1 Å². The van der Waals surface area contributed by atoms with Gasteiger partial charge in [-0.05, 0) is 17.7 Å². The third kappa shape index (κ3) is 6.15. The second-order valence-corrected chi connectivity index (χ2v) is 4.42. The number of carbonyl (C=O) groups is 2. The van der Waals surface area contributed by atoms with E-state index in [4.69, 9.17) is 9.62 Å². The number of alkyl carbamates (subject to hydrolysis) is 1. The highest BCUT2D eigenvalue weighted by Gasteiger charge is 2.07. The van der Waals surface area contributed by atoms with Crippen LogP contribution in [0.2, 0.25) is 0 Å². The number of aromatic nitrogens is 1. The molecule has 2 aromatic rings. The molecule has 1 aromatic heterocycles. The predicted molar refractivity (Wildman–Crippen MR) is 80.2 cm³/mol. The Bertz CT molecular complexity index is 619. The van der Waals surface area contributed by atoms with E-state index in [9.17, 15) is 9.59 Å². The van der Waals surface area contributed by atoms with E-state index in [0.717, 1.165) is 5.56 Å². The van der Waals surface area contributed by atoms with Gasteiger partial charge in [0.1, 0.15) is 13.2 Å². The molecule has 1 aromatic carbocycles. The van der Waals surface area contributed by atoms with Crippen LogP contribution < -0.4 is 5.32 Å². The smallest absolute Gasteiger partial charge is 0.407 e. The number of pyridine rings is 1. The zero-order chi connectivity index (χ0) is 16.3. The molecule has 0 atom stereocenters. The van der Waals surface area contributed by atoms with E-state index in [2.05, 4.69) is 15.2 Å². The van der Waals surface area contributed by atoms with Crippen molar-refractivity contribution in [3.63, 3.8) is 0 Å². The summed E-state index contributed by atoms with van der Waals surface area (Å²) in [6, 6.07) is 12.3. The van der Waals surface area contributed by atoms with Crippen LogP contribution in [-0.4, -0.2) is 30.2 Å². The monoisotopic (exact) mass is 316 g/mol. The van der Waals surface area contributed by atoms with Gasteiger partial charge >= 0.3 is 12.1 Å². The van der Waals surface area contributed by atoms with Crippen molar-refractivity contribution in [1.82, 2.24) is 10.3 Å². The average molecular weight is 316 g/mol. The number of nitrogens with one attached hydrogen (secondary N) is 1. The van der Waals surface area contributed by atoms with E-state index in [1.807, 2.05) is 30.3 Å². The van der Waals surface area contributed by atoms with E-state index >= 15 is 0 Å². The van der Waals surface area contributed by atoms with E-state index in [-0.39, 0.29) is 19.8 Å². The number of hydrogen-bond donors (Lipinski definition) is 1. The van der Waals surface area contributed by atoms with Crippen LogP contribution in [0.25, 0.3) is 0 Å². The number of benzene rings is 1. The van der Waals surface area contributed by atoms with Crippen molar-refractivity contribution in [2.24, 2.45) is 0 Å². The number of amides is 1. The minimum atomic E-state index is -0.626. The Morgan fingerprint density at radius 1 is 1.04 bits per heavy atom. The maximum atomic E-state index is 11.5. The molecule has 0 unspecified atom stereocenters. The Morgan fingerprint density at radius 3 is 2.52 bits per heavy atom. The molecule has 0 spiro atoms. The Kier molecular flexibility index (Phi) is 6.55. The van der Waals surface area contributed by atoms with E-state index < -0.39 is 12.1 Å². The van der Waals surface area contributed by atoms with E-state index in [1.165, 1.54) is 24.5 Å². The Hall–Kier alpha value is -2.93. The van der Waals surface area contributed by atoms with Gasteiger partial charge in [-0.3, -0.25) is 9.87 Å². The molecule has 0 saturated carbocycles. The summed E-state index contributed by atoms with van der Waals surface area (Å²) in [6.07, 6.45) is 2.37. The SMILES string of the molecule is O=C(NCCOOC(=O)c1ccncc1)OCc1ccccc1. The Balaban J connectivity index is 1.55. The summed E-state index contributed by atoms with van der Waals surface area (Å²) >= 11 is 0. The normalized spacial score (nSPS) is 9.91. The fraction of sp³-hybridized carbons (Fsp3) is 0.188. The number of rotatable bonds is 7. The largest absolute Gasteiger partial charge is 0.445 e. The lowest BCUT2D eigenvalue weighted by molar-refractivity contribution is -0.239. The maximum Gasteiger partial charge on any atom is 0.407 e. The molecule has 7 heteroatoms. The van der Waals surface area contributed by atoms with Gasteiger partial charge in [0.15, 0.2) is 0 Å². The highest BCUT2D eigenvalue weighted by atomic mass is 17.2. The van der Waals surface area contributed by atoms with Gasteiger partial charge in [0.2, 0.25) is 0 Å². The van der Waals surface area contributed by atoms with Crippen LogP contribution in [0, 0.1) is 0 Å². The van der Waals surface area contributed by atoms with Crippen LogP contribution in [-0.2, 0) is 21.1 Å². The summed E-state index contributed by atoms with van der Waals surface area (Å²) in [6.45, 7) is 0.346. The average Bonchev–Trinajstić information content (AvgIpc) is 2.61. The molecule has 0 aliphatic rings. The second kappa shape index (κ2) is 9.16. The van der Waals surface area contributed by atoms with Crippen molar-refractivity contribution in [3.8, 4) is 0 Å². The van der Waals surface area contributed by atoms with E-state index in [1.54, 1.807) is 0 Å². The fourth-order valence-corrected chi connectivity index (χ4v) is 1.60. The number of nitrogens with zero attached hydrogens (tertiary/aromatic N) is 1. The third-order valence-electron chi connectivity index (χ3n) is 2.72. The standard InChI is InChI=1S/C16H16N2O5/c19-15(14-6-8-17-9-7-14)23-22-11-10-18-16(20)21-12-13-4-2-1-3-5-13/h1-9H,10-12H2,(H,18,20). The third-order valence-corrected chi connectivity index (χ3v) is 2.72. The highest BCUT2D eigenvalue weighted by molar-refractivity contribution is 5.88. The lowest BCUT2D eigenvalue weighted by atomic mass is 10.2. The first-order chi connectivity index (χ1) is 11.3. The highest BCUT2D eigenvalue weighted by Crippen LogP contribution is 2.01. The number of ether oxygens (including phenoxy) is 1. The molecule has 0 bridgehead atoms. The van der Waals surface area contributed by atoms with Gasteiger partial charge in [-0.25, -0.2) is 9.59 Å². The maximum absolute atomic E-state index is 11.5. The Morgan fingerprint density at radius 2 is 1.78 bits per heavy atom. The van der Waals surface area contributed by atoms with Crippen LogP contribution in [0.4, 0.5) is 4.79 Å². The summed E-state index contributed by atoms with van der Waals surface area (Å²) in [5, 5.41) is 2.48. The summed E-state index contributed by atoms with van der Waals surface area (Å²) in [5.74, 6) is -0.626. The molecule has 1 heterocycles.